The summed E-state index contributed by atoms with van der Waals surface area (Å²) >= 11 is 0. The summed E-state index contributed by atoms with van der Waals surface area (Å²) in [4.78, 5) is 38.1. The topological polar surface area (TPSA) is 115 Å². The van der Waals surface area contributed by atoms with Crippen molar-refractivity contribution in [2.75, 3.05) is 0 Å². The van der Waals surface area contributed by atoms with Crippen LogP contribution in [-0.4, -0.2) is 24.5 Å². The number of unbranched alkanes of at least 4 members (excludes halogenated alkanes) is 2. The summed E-state index contributed by atoms with van der Waals surface area (Å²) in [6, 6.07) is 7.30. The van der Waals surface area contributed by atoms with Crippen molar-refractivity contribution in [3.05, 3.63) is 35.4 Å². The molecule has 0 radical (unpaired) electrons. The van der Waals surface area contributed by atoms with E-state index in [1.807, 2.05) is 12.1 Å². The molecule has 4 N–H and O–H groups in total. The molecular formula is C19H34O6P2. The van der Waals surface area contributed by atoms with Crippen molar-refractivity contribution in [3.63, 3.8) is 0 Å². The lowest BCUT2D eigenvalue weighted by molar-refractivity contribution is 0.239. The maximum atomic E-state index is 12.5. The molecule has 1 rings (SSSR count). The van der Waals surface area contributed by atoms with E-state index in [4.69, 9.17) is 0 Å². The first-order chi connectivity index (χ1) is 12.3. The maximum absolute atomic E-state index is 12.5. The Hall–Kier alpha value is -0.480. The smallest absolute Gasteiger partial charge is 0.324 e. The first kappa shape index (κ1) is 24.6. The quantitative estimate of drug-likeness (QED) is 0.317. The van der Waals surface area contributed by atoms with E-state index in [0.29, 0.717) is 5.56 Å². The van der Waals surface area contributed by atoms with Gasteiger partial charge in [-0.15, -0.1) is 0 Å². The summed E-state index contributed by atoms with van der Waals surface area (Å²) < 4.78 is 25.0. The van der Waals surface area contributed by atoms with Gasteiger partial charge in [0.1, 0.15) is 0 Å². The standard InChI is InChI=1S/C19H34O6P2/c1-6-7-8-9-16-10-12-17(13-11-16)18(14(2)3)19(15(4)5,26(20,21)22)27(23,24)25/h10-15,18H,6-9H2,1-5H3,(H2,20,21,22)(H2,23,24,25). The summed E-state index contributed by atoms with van der Waals surface area (Å²) in [6.07, 6.45) is 4.22. The fraction of sp³-hybridized carbons (Fsp3) is 0.684. The van der Waals surface area contributed by atoms with Crippen molar-refractivity contribution >= 4 is 15.2 Å². The van der Waals surface area contributed by atoms with Crippen LogP contribution in [0.4, 0.5) is 0 Å². The second-order valence-electron chi connectivity index (χ2n) is 7.95. The van der Waals surface area contributed by atoms with Crippen LogP contribution >= 0.6 is 15.2 Å². The van der Waals surface area contributed by atoms with Crippen molar-refractivity contribution in [1.82, 2.24) is 0 Å². The Balaban J connectivity index is 3.52. The molecule has 0 aliphatic carbocycles. The number of hydrogen-bond acceptors (Lipinski definition) is 2. The van der Waals surface area contributed by atoms with Crippen molar-refractivity contribution in [2.24, 2.45) is 11.8 Å². The lowest BCUT2D eigenvalue weighted by atomic mass is 9.80. The summed E-state index contributed by atoms with van der Waals surface area (Å²) in [7, 11) is -10.3. The summed E-state index contributed by atoms with van der Waals surface area (Å²) in [5.74, 6) is -2.28. The average molecular weight is 420 g/mol. The zero-order valence-electron chi connectivity index (χ0n) is 16.9. The van der Waals surface area contributed by atoms with Crippen LogP contribution in [0.2, 0.25) is 0 Å². The van der Waals surface area contributed by atoms with E-state index in [-0.39, 0.29) is 5.92 Å². The Morgan fingerprint density at radius 3 is 1.70 bits per heavy atom. The van der Waals surface area contributed by atoms with Crippen molar-refractivity contribution in [2.45, 2.75) is 71.1 Å². The van der Waals surface area contributed by atoms with Crippen LogP contribution in [0.25, 0.3) is 0 Å². The molecule has 1 atom stereocenters. The molecule has 0 saturated heterocycles. The Morgan fingerprint density at radius 2 is 1.37 bits per heavy atom. The fourth-order valence-electron chi connectivity index (χ4n) is 4.16. The zero-order chi connectivity index (χ0) is 21.0. The normalized spacial score (nSPS) is 14.8. The van der Waals surface area contributed by atoms with Gasteiger partial charge < -0.3 is 19.6 Å². The van der Waals surface area contributed by atoms with Crippen LogP contribution in [0.3, 0.4) is 0 Å². The molecule has 0 aromatic heterocycles. The van der Waals surface area contributed by atoms with Crippen molar-refractivity contribution in [1.29, 1.82) is 0 Å². The summed E-state index contributed by atoms with van der Waals surface area (Å²) in [5.41, 5.74) is 1.65. The Bertz CT molecular complexity index is 665. The molecule has 0 bridgehead atoms. The molecule has 0 amide bonds. The predicted molar refractivity (Wildman–Crippen MR) is 109 cm³/mol. The first-order valence-electron chi connectivity index (χ1n) is 9.50. The van der Waals surface area contributed by atoms with E-state index in [9.17, 15) is 28.7 Å². The van der Waals surface area contributed by atoms with Crippen molar-refractivity contribution < 1.29 is 28.7 Å². The molecule has 1 unspecified atom stereocenters. The highest BCUT2D eigenvalue weighted by molar-refractivity contribution is 7.72. The Kier molecular flexibility index (Phi) is 8.50. The van der Waals surface area contributed by atoms with E-state index in [1.165, 1.54) is 13.8 Å². The fourth-order valence-corrected chi connectivity index (χ4v) is 8.48. The van der Waals surface area contributed by atoms with Crippen LogP contribution in [0.15, 0.2) is 24.3 Å². The van der Waals surface area contributed by atoms with Crippen LogP contribution < -0.4 is 0 Å². The molecule has 0 aliphatic heterocycles. The molecule has 27 heavy (non-hydrogen) atoms. The molecule has 8 heteroatoms. The molecule has 1 aromatic rings. The molecule has 1 aromatic carbocycles. The molecule has 0 saturated carbocycles. The zero-order valence-corrected chi connectivity index (χ0v) is 18.7. The van der Waals surface area contributed by atoms with Crippen LogP contribution in [-0.2, 0) is 15.6 Å². The van der Waals surface area contributed by atoms with Gasteiger partial charge >= 0.3 is 15.2 Å². The molecule has 156 valence electrons. The second kappa shape index (κ2) is 9.35. The molecular weight excluding hydrogens is 386 g/mol. The van der Waals surface area contributed by atoms with Gasteiger partial charge in [-0.1, -0.05) is 71.7 Å². The molecule has 0 heterocycles. The monoisotopic (exact) mass is 420 g/mol. The maximum Gasteiger partial charge on any atom is 0.344 e. The minimum absolute atomic E-state index is 0.376. The second-order valence-corrected chi connectivity index (χ2v) is 12.0. The molecule has 0 fully saturated rings. The van der Waals surface area contributed by atoms with Gasteiger partial charge in [0, 0.05) is 5.92 Å². The highest BCUT2D eigenvalue weighted by Crippen LogP contribution is 2.77. The molecule has 0 spiro atoms. The minimum Gasteiger partial charge on any atom is -0.324 e. The lowest BCUT2D eigenvalue weighted by Gasteiger charge is -2.45. The third-order valence-electron chi connectivity index (χ3n) is 5.32. The van der Waals surface area contributed by atoms with E-state index >= 15 is 0 Å². The van der Waals surface area contributed by atoms with E-state index in [1.54, 1.807) is 26.0 Å². The largest absolute Gasteiger partial charge is 0.344 e. The highest BCUT2D eigenvalue weighted by Gasteiger charge is 2.67. The number of hydrogen-bond donors (Lipinski definition) is 4. The van der Waals surface area contributed by atoms with E-state index in [0.717, 1.165) is 31.2 Å². The minimum atomic E-state index is -5.16. The number of benzene rings is 1. The van der Waals surface area contributed by atoms with Crippen molar-refractivity contribution in [3.8, 4) is 0 Å². The average Bonchev–Trinajstić information content (AvgIpc) is 2.50. The van der Waals surface area contributed by atoms with Crippen LogP contribution in [0, 0.1) is 11.8 Å². The van der Waals surface area contributed by atoms with Gasteiger partial charge in [-0.25, -0.2) is 0 Å². The van der Waals surface area contributed by atoms with Gasteiger partial charge in [-0.05, 0) is 35.8 Å². The van der Waals surface area contributed by atoms with E-state index < -0.39 is 31.9 Å². The van der Waals surface area contributed by atoms with Gasteiger partial charge in [-0.3, -0.25) is 9.13 Å². The van der Waals surface area contributed by atoms with Gasteiger partial charge in [0.2, 0.25) is 0 Å². The number of rotatable bonds is 10. The lowest BCUT2D eigenvalue weighted by Crippen LogP contribution is -2.43. The third kappa shape index (κ3) is 5.12. The summed E-state index contributed by atoms with van der Waals surface area (Å²) in [6.45, 7) is 8.54. The third-order valence-corrected chi connectivity index (χ3v) is 10.3. The van der Waals surface area contributed by atoms with E-state index in [2.05, 4.69) is 6.92 Å². The van der Waals surface area contributed by atoms with Crippen LogP contribution in [0.1, 0.15) is 70.9 Å². The van der Waals surface area contributed by atoms with Gasteiger partial charge in [0.05, 0.1) is 0 Å². The molecule has 6 nitrogen and oxygen atoms in total. The van der Waals surface area contributed by atoms with Crippen LogP contribution in [0.5, 0.6) is 0 Å². The highest BCUT2D eigenvalue weighted by atomic mass is 31.2. The van der Waals surface area contributed by atoms with Gasteiger partial charge in [-0.2, -0.15) is 0 Å². The molecule has 0 aliphatic rings. The van der Waals surface area contributed by atoms with Gasteiger partial charge in [0.25, 0.3) is 0 Å². The summed E-state index contributed by atoms with van der Waals surface area (Å²) in [5, 5.41) is 0. The predicted octanol–water partition coefficient (Wildman–Crippen LogP) is 4.87. The first-order valence-corrected chi connectivity index (χ1v) is 12.7. The SMILES string of the molecule is CCCCCc1ccc(C(C(C)C)C(C(C)C)(P(=O)(O)O)P(=O)(O)O)cc1. The Labute approximate surface area is 162 Å². The Morgan fingerprint density at radius 1 is 0.889 bits per heavy atom. The van der Waals surface area contributed by atoms with Gasteiger partial charge in [0.15, 0.2) is 4.90 Å². The number of aryl methyl sites for hydroxylation is 1.